The molecule has 10 aromatic carbocycles. The van der Waals surface area contributed by atoms with Gasteiger partial charge in [0.15, 0.2) is 0 Å². The second-order valence-corrected chi connectivity index (χ2v) is 17.5. The smallest absolute Gasteiger partial charge is 0.143 e. The molecule has 0 amide bonds. The summed E-state index contributed by atoms with van der Waals surface area (Å²) < 4.78 is 11.6. The molecule has 64 heavy (non-hydrogen) atoms. The van der Waals surface area contributed by atoms with Crippen LogP contribution in [-0.4, -0.2) is 4.57 Å². The van der Waals surface area contributed by atoms with E-state index >= 15 is 0 Å². The molecular weight excluding hydrogens is 797 g/mol. The van der Waals surface area contributed by atoms with Crippen molar-refractivity contribution in [2.75, 3.05) is 4.90 Å². The minimum Gasteiger partial charge on any atom is -0.455 e. The Morgan fingerprint density at radius 1 is 0.359 bits per heavy atom. The molecule has 3 heterocycles. The van der Waals surface area contributed by atoms with E-state index in [1.807, 2.05) is 17.4 Å². The van der Waals surface area contributed by atoms with Crippen LogP contribution >= 0.6 is 11.3 Å². The number of para-hydroxylation sites is 5. The van der Waals surface area contributed by atoms with Crippen LogP contribution in [0.1, 0.15) is 0 Å². The van der Waals surface area contributed by atoms with Gasteiger partial charge in [-0.3, -0.25) is 0 Å². The van der Waals surface area contributed by atoms with Gasteiger partial charge < -0.3 is 13.9 Å². The second kappa shape index (κ2) is 14.7. The Bertz CT molecular complexity index is 3910. The highest BCUT2D eigenvalue weighted by molar-refractivity contribution is 7.26. The summed E-state index contributed by atoms with van der Waals surface area (Å²) in [4.78, 5) is 2.40. The first-order chi connectivity index (χ1) is 31.7. The van der Waals surface area contributed by atoms with E-state index in [9.17, 15) is 0 Å². The Labute approximate surface area is 373 Å². The minimum absolute atomic E-state index is 0.896. The first kappa shape index (κ1) is 36.5. The Kier molecular flexibility index (Phi) is 8.40. The number of fused-ring (bicyclic) bond motifs is 9. The molecule has 3 nitrogen and oxygen atoms in total. The molecule has 0 atom stereocenters. The molecule has 13 aromatic rings. The zero-order chi connectivity index (χ0) is 42.1. The predicted molar refractivity (Wildman–Crippen MR) is 272 cm³/mol. The van der Waals surface area contributed by atoms with Crippen molar-refractivity contribution >= 4 is 92.3 Å². The van der Waals surface area contributed by atoms with Crippen molar-refractivity contribution in [1.82, 2.24) is 4.57 Å². The van der Waals surface area contributed by atoms with E-state index in [0.29, 0.717) is 0 Å². The average Bonchev–Trinajstić information content (AvgIpc) is 4.04. The number of hydrogen-bond acceptors (Lipinski definition) is 3. The van der Waals surface area contributed by atoms with E-state index in [-0.39, 0.29) is 0 Å². The van der Waals surface area contributed by atoms with Crippen LogP contribution in [-0.2, 0) is 0 Å². The number of furan rings is 1. The van der Waals surface area contributed by atoms with Gasteiger partial charge in [-0.2, -0.15) is 0 Å². The number of anilines is 3. The van der Waals surface area contributed by atoms with Gasteiger partial charge in [0.25, 0.3) is 0 Å². The van der Waals surface area contributed by atoms with Gasteiger partial charge in [0, 0.05) is 70.0 Å². The van der Waals surface area contributed by atoms with Crippen molar-refractivity contribution in [3.05, 3.63) is 231 Å². The number of nitrogens with zero attached hydrogens (tertiary/aromatic N) is 2. The molecule has 0 N–H and O–H groups in total. The summed E-state index contributed by atoms with van der Waals surface area (Å²) in [5, 5.41) is 7.30. The van der Waals surface area contributed by atoms with Gasteiger partial charge in [0.05, 0.1) is 11.0 Å². The third-order valence-electron chi connectivity index (χ3n) is 12.7. The Balaban J connectivity index is 1.06. The third-order valence-corrected chi connectivity index (χ3v) is 14.0. The number of benzene rings is 10. The first-order valence-corrected chi connectivity index (χ1v) is 22.6. The summed E-state index contributed by atoms with van der Waals surface area (Å²) in [6, 6.07) is 83.5. The summed E-state index contributed by atoms with van der Waals surface area (Å²) in [6.07, 6.45) is 0. The first-order valence-electron chi connectivity index (χ1n) is 21.7. The van der Waals surface area contributed by atoms with Crippen molar-refractivity contribution in [3.63, 3.8) is 0 Å². The Morgan fingerprint density at radius 3 is 1.88 bits per heavy atom. The van der Waals surface area contributed by atoms with Crippen LogP contribution in [0.4, 0.5) is 17.1 Å². The van der Waals surface area contributed by atoms with Crippen LogP contribution in [0.5, 0.6) is 0 Å². The highest BCUT2D eigenvalue weighted by Gasteiger charge is 2.21. The normalized spacial score (nSPS) is 11.8. The largest absolute Gasteiger partial charge is 0.455 e. The molecule has 3 aromatic heterocycles. The fraction of sp³-hybridized carbons (Fsp3) is 0. The molecule has 0 radical (unpaired) electrons. The monoisotopic (exact) mass is 834 g/mol. The van der Waals surface area contributed by atoms with Crippen LogP contribution in [0.3, 0.4) is 0 Å². The number of thiophene rings is 1. The molecule has 0 saturated carbocycles. The number of rotatable bonds is 7. The zero-order valence-electron chi connectivity index (χ0n) is 34.7. The van der Waals surface area contributed by atoms with E-state index in [4.69, 9.17) is 4.42 Å². The Morgan fingerprint density at radius 2 is 1.00 bits per heavy atom. The van der Waals surface area contributed by atoms with Gasteiger partial charge >= 0.3 is 0 Å². The summed E-state index contributed by atoms with van der Waals surface area (Å²) in [5.74, 6) is 0. The zero-order valence-corrected chi connectivity index (χ0v) is 35.5. The van der Waals surface area contributed by atoms with E-state index in [1.54, 1.807) is 0 Å². The molecule has 0 aliphatic carbocycles. The molecule has 0 aliphatic rings. The highest BCUT2D eigenvalue weighted by Crippen LogP contribution is 2.46. The van der Waals surface area contributed by atoms with Crippen LogP contribution < -0.4 is 4.90 Å². The molecule has 4 heteroatoms. The molecule has 0 unspecified atom stereocenters. The average molecular weight is 835 g/mol. The lowest BCUT2D eigenvalue weighted by molar-refractivity contribution is 0.670. The van der Waals surface area contributed by atoms with Gasteiger partial charge in [-0.15, -0.1) is 11.3 Å². The van der Waals surface area contributed by atoms with Crippen molar-refractivity contribution < 1.29 is 4.42 Å². The molecule has 0 fully saturated rings. The SMILES string of the molecule is c1ccc(N(c2cccc(-c3cccc4c3oc3ccccc34)c2)c2cc(-c3ccc4c5ccccc5n(-c5ccccc5)c4c3)cc(-c3cccc4c3sc3ccccc34)c2)cc1. The fourth-order valence-corrected chi connectivity index (χ4v) is 11.1. The fourth-order valence-electron chi connectivity index (χ4n) is 9.85. The number of aromatic nitrogens is 1. The van der Waals surface area contributed by atoms with Gasteiger partial charge in [0.1, 0.15) is 11.2 Å². The van der Waals surface area contributed by atoms with Crippen molar-refractivity contribution in [2.45, 2.75) is 0 Å². The standard InChI is InChI=1S/C60H38N2OS/c1-3-17-43(18-4-1)61(45-21-13-16-40(35-45)47-25-14-27-53-51-23-8-11-30-57(51)63-59(47)53)46-36-41(34-42(37-46)48-26-15-28-54-52-24-9-12-31-58(52)64-60(48)54)39-32-33-50-49-22-7-10-29-55(49)62(56(50)38-39)44-19-5-2-6-20-44/h1-38H. The van der Waals surface area contributed by atoms with Crippen LogP contribution in [0.15, 0.2) is 235 Å². The lowest BCUT2D eigenvalue weighted by Crippen LogP contribution is -2.10. The predicted octanol–water partition coefficient (Wildman–Crippen LogP) is 17.5. The molecule has 0 bridgehead atoms. The van der Waals surface area contributed by atoms with Gasteiger partial charge in [-0.25, -0.2) is 0 Å². The van der Waals surface area contributed by atoms with Crippen molar-refractivity contribution in [3.8, 4) is 39.1 Å². The molecule has 0 saturated heterocycles. The van der Waals surface area contributed by atoms with Crippen LogP contribution in [0.2, 0.25) is 0 Å². The van der Waals surface area contributed by atoms with E-state index in [0.717, 1.165) is 72.5 Å². The Hall–Kier alpha value is -8.18. The summed E-state index contributed by atoms with van der Waals surface area (Å²) in [6.45, 7) is 0. The second-order valence-electron chi connectivity index (χ2n) is 16.5. The quantitative estimate of drug-likeness (QED) is 0.159. The molecule has 300 valence electrons. The summed E-state index contributed by atoms with van der Waals surface area (Å²) >= 11 is 1.87. The van der Waals surface area contributed by atoms with Gasteiger partial charge in [0.2, 0.25) is 0 Å². The van der Waals surface area contributed by atoms with Crippen LogP contribution in [0.25, 0.3) is 103 Å². The van der Waals surface area contributed by atoms with E-state index < -0.39 is 0 Å². The van der Waals surface area contributed by atoms with Crippen LogP contribution in [0, 0.1) is 0 Å². The van der Waals surface area contributed by atoms with Gasteiger partial charge in [-0.05, 0) is 107 Å². The molecule has 0 aliphatic heterocycles. The lowest BCUT2D eigenvalue weighted by Gasteiger charge is -2.27. The third kappa shape index (κ3) is 5.88. The van der Waals surface area contributed by atoms with Crippen molar-refractivity contribution in [1.29, 1.82) is 0 Å². The number of hydrogen-bond donors (Lipinski definition) is 0. The van der Waals surface area contributed by atoms with Crippen molar-refractivity contribution in [2.24, 2.45) is 0 Å². The minimum atomic E-state index is 0.896. The lowest BCUT2D eigenvalue weighted by atomic mass is 9.95. The molecule has 13 rings (SSSR count). The van der Waals surface area contributed by atoms with Gasteiger partial charge in [-0.1, -0.05) is 152 Å². The van der Waals surface area contributed by atoms with E-state index in [1.165, 1.54) is 47.5 Å². The summed E-state index contributed by atoms with van der Waals surface area (Å²) in [7, 11) is 0. The highest BCUT2D eigenvalue weighted by atomic mass is 32.1. The maximum atomic E-state index is 6.57. The topological polar surface area (TPSA) is 21.3 Å². The summed E-state index contributed by atoms with van der Waals surface area (Å²) in [5.41, 5.74) is 15.3. The maximum absolute atomic E-state index is 6.57. The van der Waals surface area contributed by atoms with E-state index in [2.05, 4.69) is 234 Å². The molecular formula is C60H38N2OS. The molecule has 0 spiro atoms. The maximum Gasteiger partial charge on any atom is 0.143 e.